The predicted octanol–water partition coefficient (Wildman–Crippen LogP) is 3.59. The zero-order valence-corrected chi connectivity index (χ0v) is 18.1. The average molecular weight is 438 g/mol. The van der Waals surface area contributed by atoms with Crippen LogP contribution in [0, 0.1) is 5.82 Å². The van der Waals surface area contributed by atoms with E-state index in [1.807, 2.05) is 4.90 Å². The van der Waals surface area contributed by atoms with Gasteiger partial charge in [0.05, 0.1) is 13.1 Å². The van der Waals surface area contributed by atoms with Crippen LogP contribution in [0.3, 0.4) is 0 Å². The fraction of sp³-hybridized carbons (Fsp3) is 0.440. The number of likely N-dealkylation sites (tertiary alicyclic amines) is 1. The molecule has 1 spiro atoms. The van der Waals surface area contributed by atoms with Crippen LogP contribution < -0.4 is 4.90 Å². The molecule has 7 heteroatoms. The number of nitrogens with zero attached hydrogens (tertiary/aromatic N) is 3. The molecule has 1 unspecified atom stereocenters. The quantitative estimate of drug-likeness (QED) is 0.737. The molecule has 0 bridgehead atoms. The molecule has 6 nitrogen and oxygen atoms in total. The Bertz CT molecular complexity index is 1010. The Balaban J connectivity index is 1.19. The van der Waals surface area contributed by atoms with E-state index in [1.165, 1.54) is 23.3 Å². The third kappa shape index (κ3) is 4.21. The summed E-state index contributed by atoms with van der Waals surface area (Å²) in [5.41, 5.74) is 2.72. The van der Waals surface area contributed by atoms with E-state index in [2.05, 4.69) is 29.2 Å². The lowest BCUT2D eigenvalue weighted by atomic mass is 9.95. The number of anilines is 1. The maximum atomic E-state index is 13.3. The van der Waals surface area contributed by atoms with Crippen molar-refractivity contribution in [1.82, 2.24) is 9.80 Å². The van der Waals surface area contributed by atoms with Crippen molar-refractivity contribution in [3.63, 3.8) is 0 Å². The second-order valence-electron chi connectivity index (χ2n) is 9.08. The Hall–Kier alpha value is -2.93. The van der Waals surface area contributed by atoms with Gasteiger partial charge in [0, 0.05) is 38.3 Å². The van der Waals surface area contributed by atoms with Crippen molar-refractivity contribution >= 4 is 17.7 Å². The van der Waals surface area contributed by atoms with Crippen LogP contribution in [0.2, 0.25) is 0 Å². The molecule has 5 rings (SSSR count). The van der Waals surface area contributed by atoms with Crippen LogP contribution in [-0.4, -0.2) is 60.1 Å². The minimum atomic E-state index is -0.593. The maximum Gasteiger partial charge on any atom is 0.415 e. The molecule has 2 aromatic carbocycles. The third-order valence-electron chi connectivity index (χ3n) is 6.93. The highest BCUT2D eigenvalue weighted by atomic mass is 19.1. The number of rotatable bonds is 3. The molecule has 0 aromatic heterocycles. The number of benzene rings is 2. The van der Waals surface area contributed by atoms with Crippen LogP contribution in [0.1, 0.15) is 30.4 Å². The Morgan fingerprint density at radius 1 is 1.00 bits per heavy atom. The molecule has 0 saturated carbocycles. The van der Waals surface area contributed by atoms with Crippen molar-refractivity contribution in [3.05, 3.63) is 65.5 Å². The number of carbonyl (C=O) groups excluding carboxylic acids is 2. The molecular weight excluding hydrogens is 409 g/mol. The molecular formula is C25H28FN3O3. The van der Waals surface area contributed by atoms with Crippen molar-refractivity contribution in [1.29, 1.82) is 0 Å². The van der Waals surface area contributed by atoms with Crippen molar-refractivity contribution < 1.29 is 18.7 Å². The van der Waals surface area contributed by atoms with E-state index in [4.69, 9.17) is 4.74 Å². The number of halogens is 1. The first-order valence-electron chi connectivity index (χ1n) is 11.3. The highest BCUT2D eigenvalue weighted by Gasteiger charge is 2.46. The van der Waals surface area contributed by atoms with Crippen LogP contribution >= 0.6 is 0 Å². The van der Waals surface area contributed by atoms with Gasteiger partial charge in [-0.25, -0.2) is 9.18 Å². The van der Waals surface area contributed by atoms with Crippen molar-refractivity contribution in [3.8, 4) is 0 Å². The van der Waals surface area contributed by atoms with E-state index in [-0.39, 0.29) is 11.7 Å². The minimum Gasteiger partial charge on any atom is -0.441 e. The van der Waals surface area contributed by atoms with Gasteiger partial charge in [-0.3, -0.25) is 14.6 Å². The summed E-state index contributed by atoms with van der Waals surface area (Å²) >= 11 is 0. The molecule has 1 atom stereocenters. The number of fused-ring (bicyclic) bond motifs is 1. The topological polar surface area (TPSA) is 53.1 Å². The van der Waals surface area contributed by atoms with Gasteiger partial charge >= 0.3 is 6.09 Å². The molecule has 32 heavy (non-hydrogen) atoms. The summed E-state index contributed by atoms with van der Waals surface area (Å²) < 4.78 is 19.1. The molecule has 3 heterocycles. The van der Waals surface area contributed by atoms with E-state index < -0.39 is 11.7 Å². The van der Waals surface area contributed by atoms with Gasteiger partial charge in [0.25, 0.3) is 0 Å². The van der Waals surface area contributed by atoms with Gasteiger partial charge < -0.3 is 9.64 Å². The van der Waals surface area contributed by atoms with E-state index in [9.17, 15) is 14.0 Å². The molecule has 0 aliphatic carbocycles. The normalized spacial score (nSPS) is 23.7. The summed E-state index contributed by atoms with van der Waals surface area (Å²) in [7, 11) is 0. The molecule has 2 amide bonds. The fourth-order valence-corrected chi connectivity index (χ4v) is 5.10. The lowest BCUT2D eigenvalue weighted by Gasteiger charge is -2.30. The number of carbonyl (C=O) groups is 2. The summed E-state index contributed by atoms with van der Waals surface area (Å²) in [6.45, 7) is 3.81. The van der Waals surface area contributed by atoms with Gasteiger partial charge in [0.2, 0.25) is 5.91 Å². The minimum absolute atomic E-state index is 0.140. The first-order valence-corrected chi connectivity index (χ1v) is 11.3. The van der Waals surface area contributed by atoms with E-state index in [0.29, 0.717) is 38.3 Å². The summed E-state index contributed by atoms with van der Waals surface area (Å²) in [4.78, 5) is 31.3. The van der Waals surface area contributed by atoms with Crippen LogP contribution in [0.4, 0.5) is 14.9 Å². The summed E-state index contributed by atoms with van der Waals surface area (Å²) in [6.07, 6.45) is 2.70. The van der Waals surface area contributed by atoms with Gasteiger partial charge in [-0.1, -0.05) is 24.3 Å². The van der Waals surface area contributed by atoms with Crippen molar-refractivity contribution in [2.24, 2.45) is 0 Å². The lowest BCUT2D eigenvalue weighted by Crippen LogP contribution is -2.43. The van der Waals surface area contributed by atoms with Crippen LogP contribution in [0.25, 0.3) is 0 Å². The Labute approximate surface area is 187 Å². The summed E-state index contributed by atoms with van der Waals surface area (Å²) in [5, 5.41) is 0. The van der Waals surface area contributed by atoms with E-state index in [0.717, 1.165) is 32.4 Å². The summed E-state index contributed by atoms with van der Waals surface area (Å²) in [6, 6.07) is 14.3. The maximum absolute atomic E-state index is 13.3. The predicted molar refractivity (Wildman–Crippen MR) is 119 cm³/mol. The average Bonchev–Trinajstić information content (AvgIpc) is 2.98. The van der Waals surface area contributed by atoms with Gasteiger partial charge in [0.15, 0.2) is 0 Å². The standard InChI is InChI=1S/C25H28FN3O3/c26-21-6-8-22(9-7-21)29-18-25(32-24(29)31)11-3-13-28(15-12-25)23(30)17-27-14-10-19-4-1-2-5-20(19)16-27/h1-2,4-9H,3,10-18H2. The second-order valence-corrected chi connectivity index (χ2v) is 9.08. The van der Waals surface area contributed by atoms with Crippen LogP contribution in [0.15, 0.2) is 48.5 Å². The first kappa shape index (κ1) is 20.9. The van der Waals surface area contributed by atoms with Gasteiger partial charge in [-0.15, -0.1) is 0 Å². The molecule has 3 aliphatic rings. The largest absolute Gasteiger partial charge is 0.441 e. The van der Waals surface area contributed by atoms with Crippen LogP contribution in [-0.2, 0) is 22.5 Å². The molecule has 2 fully saturated rings. The highest BCUT2D eigenvalue weighted by molar-refractivity contribution is 5.90. The lowest BCUT2D eigenvalue weighted by molar-refractivity contribution is -0.132. The summed E-state index contributed by atoms with van der Waals surface area (Å²) in [5.74, 6) is -0.196. The number of ether oxygens (including phenoxy) is 1. The van der Waals surface area contributed by atoms with E-state index in [1.54, 1.807) is 17.0 Å². The Morgan fingerprint density at radius 3 is 2.59 bits per heavy atom. The van der Waals surface area contributed by atoms with E-state index >= 15 is 0 Å². The molecule has 0 N–H and O–H groups in total. The number of amides is 2. The van der Waals surface area contributed by atoms with Gasteiger partial charge in [-0.2, -0.15) is 0 Å². The molecule has 3 aliphatic heterocycles. The first-order chi connectivity index (χ1) is 15.5. The Kier molecular flexibility index (Phi) is 5.59. The third-order valence-corrected chi connectivity index (χ3v) is 6.93. The molecule has 2 aromatic rings. The van der Waals surface area contributed by atoms with Crippen molar-refractivity contribution in [2.45, 2.75) is 37.8 Å². The van der Waals surface area contributed by atoms with Gasteiger partial charge in [-0.05, 0) is 54.7 Å². The smallest absolute Gasteiger partial charge is 0.415 e. The second kappa shape index (κ2) is 8.54. The van der Waals surface area contributed by atoms with Crippen molar-refractivity contribution in [2.75, 3.05) is 37.6 Å². The Morgan fingerprint density at radius 2 is 1.78 bits per heavy atom. The molecule has 2 saturated heterocycles. The highest BCUT2D eigenvalue weighted by Crippen LogP contribution is 2.36. The molecule has 168 valence electrons. The zero-order valence-electron chi connectivity index (χ0n) is 18.1. The zero-order chi connectivity index (χ0) is 22.1. The monoisotopic (exact) mass is 437 g/mol. The number of hydrogen-bond acceptors (Lipinski definition) is 4. The fourth-order valence-electron chi connectivity index (χ4n) is 5.10. The number of hydrogen-bond donors (Lipinski definition) is 0. The molecule has 0 radical (unpaired) electrons. The van der Waals surface area contributed by atoms with Gasteiger partial charge in [0.1, 0.15) is 11.4 Å². The van der Waals surface area contributed by atoms with Crippen LogP contribution in [0.5, 0.6) is 0 Å². The SMILES string of the molecule is O=C(CN1CCc2ccccc2C1)N1CCCC2(CC1)CN(c1ccc(F)cc1)C(=O)O2.